The lowest BCUT2D eigenvalue weighted by Gasteiger charge is -2.54. The predicted molar refractivity (Wildman–Crippen MR) is 83.0 cm³/mol. The largest absolute Gasteiger partial charge is 0.274 e. The van der Waals surface area contributed by atoms with E-state index < -0.39 is 10.8 Å². The van der Waals surface area contributed by atoms with Crippen LogP contribution in [0.15, 0.2) is 0 Å². The van der Waals surface area contributed by atoms with Gasteiger partial charge in [-0.1, -0.05) is 33.1 Å². The molecule has 3 nitrogen and oxygen atoms in total. The quantitative estimate of drug-likeness (QED) is 0.763. The van der Waals surface area contributed by atoms with Gasteiger partial charge in [-0.3, -0.25) is 8.37 Å². The Bertz CT molecular complexity index is 281. The Morgan fingerprint density at radius 2 is 1.68 bits per heavy atom. The second kappa shape index (κ2) is 6.79. The van der Waals surface area contributed by atoms with E-state index in [4.69, 9.17) is 8.37 Å². The molecule has 1 aliphatic carbocycles. The molecule has 1 saturated carbocycles. The van der Waals surface area contributed by atoms with Crippen LogP contribution in [0.25, 0.3) is 0 Å². The molecule has 0 aromatic carbocycles. The average Bonchev–Trinajstić information content (AvgIpc) is 2.44. The highest BCUT2D eigenvalue weighted by Gasteiger charge is 2.37. The van der Waals surface area contributed by atoms with E-state index >= 15 is 0 Å². The lowest BCUT2D eigenvalue weighted by atomic mass is 9.76. The monoisotopic (exact) mass is 289 g/mol. The molecule has 0 N–H and O–H groups in total. The van der Waals surface area contributed by atoms with Gasteiger partial charge in [0.25, 0.3) is 0 Å². The van der Waals surface area contributed by atoms with Crippen LogP contribution in [0.1, 0.15) is 46.0 Å². The second-order valence-corrected chi connectivity index (χ2v) is 9.14. The highest BCUT2D eigenvalue weighted by Crippen LogP contribution is 2.56. The molecule has 0 spiro atoms. The molecule has 19 heavy (non-hydrogen) atoms. The molecular formula is C15H31NO2S. The van der Waals surface area contributed by atoms with E-state index in [0.29, 0.717) is 5.92 Å². The molecular weight excluding hydrogens is 258 g/mol. The molecule has 0 aromatic heterocycles. The maximum absolute atomic E-state index is 5.90. The van der Waals surface area contributed by atoms with Gasteiger partial charge in [0, 0.05) is 13.1 Å². The van der Waals surface area contributed by atoms with Crippen molar-refractivity contribution in [3.8, 4) is 0 Å². The second-order valence-electron chi connectivity index (χ2n) is 6.46. The standard InChI is InChI=1S/C15H31NO2S/c1-13(2)12-19(17-3,18-4)16-10-9-14-7-5-6-8-15(14)11-16/h13-15H,5-12H2,1-4H3. The summed E-state index contributed by atoms with van der Waals surface area (Å²) < 4.78 is 14.3. The van der Waals surface area contributed by atoms with Crippen molar-refractivity contribution in [3.63, 3.8) is 0 Å². The Kier molecular flexibility index (Phi) is 5.58. The van der Waals surface area contributed by atoms with Crippen molar-refractivity contribution in [3.05, 3.63) is 0 Å². The molecule has 0 aromatic rings. The van der Waals surface area contributed by atoms with E-state index in [0.717, 1.165) is 24.1 Å². The van der Waals surface area contributed by atoms with Crippen LogP contribution in [0.2, 0.25) is 0 Å². The third kappa shape index (κ3) is 3.46. The fourth-order valence-electron chi connectivity index (χ4n) is 3.76. The van der Waals surface area contributed by atoms with Gasteiger partial charge < -0.3 is 0 Å². The van der Waals surface area contributed by atoms with Crippen LogP contribution in [0.4, 0.5) is 0 Å². The summed E-state index contributed by atoms with van der Waals surface area (Å²) in [4.78, 5) is 0. The third-order valence-electron chi connectivity index (χ3n) is 4.71. The average molecular weight is 289 g/mol. The Balaban J connectivity index is 2.05. The van der Waals surface area contributed by atoms with E-state index in [1.54, 1.807) is 0 Å². The van der Waals surface area contributed by atoms with Crippen molar-refractivity contribution >= 4 is 10.8 Å². The SMILES string of the molecule is COS(CC(C)C)(OC)N1CCC2CCCCC2C1. The fraction of sp³-hybridized carbons (Fsp3) is 1.00. The topological polar surface area (TPSA) is 21.7 Å². The van der Waals surface area contributed by atoms with E-state index in [9.17, 15) is 0 Å². The van der Waals surface area contributed by atoms with E-state index in [-0.39, 0.29) is 0 Å². The van der Waals surface area contributed by atoms with Crippen molar-refractivity contribution in [1.29, 1.82) is 0 Å². The molecule has 1 saturated heterocycles. The maximum Gasteiger partial charge on any atom is 0.0620 e. The van der Waals surface area contributed by atoms with E-state index in [1.165, 1.54) is 38.6 Å². The van der Waals surface area contributed by atoms with Gasteiger partial charge in [-0.05, 0) is 30.6 Å². The van der Waals surface area contributed by atoms with Gasteiger partial charge in [0.1, 0.15) is 0 Å². The van der Waals surface area contributed by atoms with E-state index in [1.807, 2.05) is 14.2 Å². The van der Waals surface area contributed by atoms with Gasteiger partial charge in [0.2, 0.25) is 0 Å². The first-order chi connectivity index (χ1) is 9.11. The molecule has 2 rings (SSSR count). The summed E-state index contributed by atoms with van der Waals surface area (Å²) in [6, 6.07) is 0. The molecule has 0 bridgehead atoms. The lowest BCUT2D eigenvalue weighted by Crippen LogP contribution is -2.44. The smallest absolute Gasteiger partial charge is 0.0620 e. The number of hydrogen-bond acceptors (Lipinski definition) is 3. The predicted octanol–water partition coefficient (Wildman–Crippen LogP) is 4.00. The summed E-state index contributed by atoms with van der Waals surface area (Å²) in [6.07, 6.45) is 7.06. The first-order valence-corrected chi connectivity index (χ1v) is 9.39. The van der Waals surface area contributed by atoms with Crippen LogP contribution >= 0.6 is 10.8 Å². The Morgan fingerprint density at radius 1 is 1.05 bits per heavy atom. The van der Waals surface area contributed by atoms with Crippen LogP contribution in [0.3, 0.4) is 0 Å². The molecule has 2 unspecified atom stereocenters. The highest BCUT2D eigenvalue weighted by molar-refractivity contribution is 8.23. The van der Waals surface area contributed by atoms with Gasteiger partial charge >= 0.3 is 0 Å². The minimum absolute atomic E-state index is 0.610. The van der Waals surface area contributed by atoms with Crippen molar-refractivity contribution in [2.75, 3.05) is 33.1 Å². The zero-order valence-corrected chi connectivity index (χ0v) is 13.9. The number of fused-ring (bicyclic) bond motifs is 1. The van der Waals surface area contributed by atoms with Gasteiger partial charge in [0.05, 0.1) is 20.0 Å². The normalized spacial score (nSPS) is 30.4. The molecule has 1 heterocycles. The van der Waals surface area contributed by atoms with Crippen molar-refractivity contribution in [2.45, 2.75) is 46.0 Å². The van der Waals surface area contributed by atoms with Crippen molar-refractivity contribution in [1.82, 2.24) is 4.31 Å². The molecule has 0 amide bonds. The summed E-state index contributed by atoms with van der Waals surface area (Å²) in [5.74, 6) is 3.48. The summed E-state index contributed by atoms with van der Waals surface area (Å²) in [5.41, 5.74) is 0. The van der Waals surface area contributed by atoms with E-state index in [2.05, 4.69) is 18.2 Å². The molecule has 2 fully saturated rings. The third-order valence-corrected chi connectivity index (χ3v) is 7.96. The van der Waals surface area contributed by atoms with Crippen molar-refractivity contribution in [2.24, 2.45) is 17.8 Å². The van der Waals surface area contributed by atoms with Crippen LogP contribution in [0.5, 0.6) is 0 Å². The number of hydrogen-bond donors (Lipinski definition) is 0. The molecule has 1 aliphatic heterocycles. The van der Waals surface area contributed by atoms with Crippen LogP contribution < -0.4 is 0 Å². The first-order valence-electron chi connectivity index (χ1n) is 7.78. The van der Waals surface area contributed by atoms with Crippen molar-refractivity contribution < 1.29 is 8.37 Å². The Morgan fingerprint density at radius 3 is 2.26 bits per heavy atom. The molecule has 0 radical (unpaired) electrons. The maximum atomic E-state index is 5.90. The molecule has 2 aliphatic rings. The number of piperidine rings is 1. The summed E-state index contributed by atoms with van der Waals surface area (Å²) in [6.45, 7) is 6.86. The van der Waals surface area contributed by atoms with Crippen LogP contribution in [-0.2, 0) is 8.37 Å². The van der Waals surface area contributed by atoms with Gasteiger partial charge in [-0.15, -0.1) is 10.8 Å². The minimum atomic E-state index is -1.49. The molecule has 114 valence electrons. The Labute approximate surface area is 120 Å². The van der Waals surface area contributed by atoms with Gasteiger partial charge in [-0.2, -0.15) is 0 Å². The number of rotatable bonds is 5. The lowest BCUT2D eigenvalue weighted by molar-refractivity contribution is 0.122. The summed E-state index contributed by atoms with van der Waals surface area (Å²) in [5, 5.41) is 0. The summed E-state index contributed by atoms with van der Waals surface area (Å²) >= 11 is 0. The van der Waals surface area contributed by atoms with Gasteiger partial charge in [0.15, 0.2) is 0 Å². The van der Waals surface area contributed by atoms with Crippen LogP contribution in [0, 0.1) is 17.8 Å². The highest BCUT2D eigenvalue weighted by atomic mass is 32.3. The zero-order chi connectivity index (χ0) is 13.9. The zero-order valence-electron chi connectivity index (χ0n) is 13.1. The Hall–Kier alpha value is 0.230. The summed E-state index contributed by atoms with van der Waals surface area (Å²) in [7, 11) is 2.16. The molecule has 4 heteroatoms. The first kappa shape index (κ1) is 15.6. The minimum Gasteiger partial charge on any atom is -0.274 e. The fourth-order valence-corrected chi connectivity index (χ4v) is 6.45. The van der Waals surface area contributed by atoms with Crippen LogP contribution in [-0.4, -0.2) is 37.4 Å². The molecule has 2 atom stereocenters. The number of nitrogens with zero attached hydrogens (tertiary/aromatic N) is 1. The van der Waals surface area contributed by atoms with Gasteiger partial charge in [-0.25, -0.2) is 4.31 Å².